The van der Waals surface area contributed by atoms with Gasteiger partial charge in [0.1, 0.15) is 17.1 Å². The number of aryl methyl sites for hydroxylation is 1. The van der Waals surface area contributed by atoms with Crippen molar-refractivity contribution in [3.63, 3.8) is 0 Å². The molecule has 0 spiro atoms. The molecule has 4 nitrogen and oxygen atoms in total. The van der Waals surface area contributed by atoms with Crippen molar-refractivity contribution in [2.45, 2.75) is 32.7 Å². The van der Waals surface area contributed by atoms with E-state index < -0.39 is 0 Å². The van der Waals surface area contributed by atoms with Crippen LogP contribution in [-0.2, 0) is 6.54 Å². The van der Waals surface area contributed by atoms with Crippen LogP contribution in [0.1, 0.15) is 30.6 Å². The van der Waals surface area contributed by atoms with Crippen LogP contribution < -0.4 is 5.43 Å². The summed E-state index contributed by atoms with van der Waals surface area (Å²) in [5, 5.41) is 10.9. The van der Waals surface area contributed by atoms with Crippen molar-refractivity contribution >= 4 is 23.4 Å². The topological polar surface area (TPSA) is 53.7 Å². The second-order valence-electron chi connectivity index (χ2n) is 7.01. The van der Waals surface area contributed by atoms with Gasteiger partial charge in [0.2, 0.25) is 5.43 Å². The molecule has 1 fully saturated rings. The first-order valence-corrected chi connectivity index (χ1v) is 9.21. The SMILES string of the molecule is Cc1oc2c(CN3CCCCC3)c(O)ccc2c(=O)c1-c1ccccc1.Cl. The number of hydrogen-bond donors (Lipinski definition) is 1. The van der Waals surface area contributed by atoms with Gasteiger partial charge in [0.15, 0.2) is 0 Å². The maximum Gasteiger partial charge on any atom is 0.200 e. The second-order valence-corrected chi connectivity index (χ2v) is 7.01. The number of likely N-dealkylation sites (tertiary alicyclic amines) is 1. The van der Waals surface area contributed by atoms with Gasteiger partial charge in [-0.25, -0.2) is 0 Å². The van der Waals surface area contributed by atoms with E-state index in [4.69, 9.17) is 4.42 Å². The van der Waals surface area contributed by atoms with Gasteiger partial charge in [-0.2, -0.15) is 0 Å². The summed E-state index contributed by atoms with van der Waals surface area (Å²) in [7, 11) is 0. The van der Waals surface area contributed by atoms with Gasteiger partial charge in [0.05, 0.1) is 16.5 Å². The summed E-state index contributed by atoms with van der Waals surface area (Å²) in [6.07, 6.45) is 3.60. The molecule has 2 heterocycles. The third-order valence-electron chi connectivity index (χ3n) is 5.21. The summed E-state index contributed by atoms with van der Waals surface area (Å²) < 4.78 is 6.09. The molecule has 4 rings (SSSR count). The van der Waals surface area contributed by atoms with Crippen LogP contribution in [0.2, 0.25) is 0 Å². The standard InChI is InChI=1S/C22H23NO3.ClH/c1-15-20(16-8-4-2-5-9-16)21(25)17-10-11-19(24)18(22(17)26-15)14-23-12-6-3-7-13-23;/h2,4-5,8-11,24H,3,6-7,12-14H2,1H3;1H. The number of benzene rings is 2. The highest BCUT2D eigenvalue weighted by molar-refractivity contribution is 5.86. The van der Waals surface area contributed by atoms with E-state index in [0.29, 0.717) is 34.4 Å². The van der Waals surface area contributed by atoms with Gasteiger partial charge >= 0.3 is 0 Å². The number of phenolic OH excluding ortho intramolecular Hbond substituents is 1. The Bertz CT molecular complexity index is 992. The average molecular weight is 386 g/mol. The molecule has 1 aromatic heterocycles. The molecule has 0 atom stereocenters. The third-order valence-corrected chi connectivity index (χ3v) is 5.21. The molecule has 0 radical (unpaired) electrons. The van der Waals surface area contributed by atoms with E-state index in [1.165, 1.54) is 19.3 Å². The molecule has 5 heteroatoms. The van der Waals surface area contributed by atoms with E-state index in [2.05, 4.69) is 4.90 Å². The van der Waals surface area contributed by atoms with E-state index in [0.717, 1.165) is 18.7 Å². The highest BCUT2D eigenvalue weighted by atomic mass is 35.5. The molecule has 1 N–H and O–H groups in total. The minimum Gasteiger partial charge on any atom is -0.507 e. The van der Waals surface area contributed by atoms with Crippen LogP contribution in [0.15, 0.2) is 51.7 Å². The van der Waals surface area contributed by atoms with Crippen molar-refractivity contribution in [3.05, 3.63) is 64.0 Å². The zero-order valence-corrected chi connectivity index (χ0v) is 16.2. The lowest BCUT2D eigenvalue weighted by atomic mass is 10.0. The highest BCUT2D eigenvalue weighted by Crippen LogP contribution is 2.31. The van der Waals surface area contributed by atoms with Gasteiger partial charge in [0.25, 0.3) is 0 Å². The summed E-state index contributed by atoms with van der Waals surface area (Å²) in [6.45, 7) is 4.45. The quantitative estimate of drug-likeness (QED) is 0.698. The molecule has 0 aliphatic carbocycles. The Hall–Kier alpha value is -2.30. The predicted molar refractivity (Wildman–Crippen MR) is 111 cm³/mol. The average Bonchev–Trinajstić information content (AvgIpc) is 2.66. The van der Waals surface area contributed by atoms with Crippen molar-refractivity contribution in [1.29, 1.82) is 0 Å². The van der Waals surface area contributed by atoms with Gasteiger partial charge in [-0.1, -0.05) is 36.8 Å². The van der Waals surface area contributed by atoms with Gasteiger partial charge in [-0.3, -0.25) is 9.69 Å². The number of nitrogens with zero attached hydrogens (tertiary/aromatic N) is 1. The predicted octanol–water partition coefficient (Wildman–Crippen LogP) is 4.88. The minimum absolute atomic E-state index is 0. The Morgan fingerprint density at radius 2 is 1.74 bits per heavy atom. The van der Waals surface area contributed by atoms with E-state index in [9.17, 15) is 9.90 Å². The maximum absolute atomic E-state index is 13.2. The molecule has 0 unspecified atom stereocenters. The Morgan fingerprint density at radius 3 is 2.44 bits per heavy atom. The van der Waals surface area contributed by atoms with Gasteiger partial charge < -0.3 is 9.52 Å². The Balaban J connectivity index is 0.00000210. The van der Waals surface area contributed by atoms with E-state index >= 15 is 0 Å². The summed E-state index contributed by atoms with van der Waals surface area (Å²) in [5.41, 5.74) is 2.62. The minimum atomic E-state index is -0.0464. The highest BCUT2D eigenvalue weighted by Gasteiger charge is 2.20. The smallest absolute Gasteiger partial charge is 0.200 e. The molecule has 142 valence electrons. The number of halogens is 1. The third kappa shape index (κ3) is 3.73. The van der Waals surface area contributed by atoms with Crippen LogP contribution in [0.5, 0.6) is 5.75 Å². The summed E-state index contributed by atoms with van der Waals surface area (Å²) in [4.78, 5) is 15.5. The molecule has 27 heavy (non-hydrogen) atoms. The van der Waals surface area contributed by atoms with Crippen LogP contribution in [0, 0.1) is 6.92 Å². The van der Waals surface area contributed by atoms with E-state index in [-0.39, 0.29) is 23.6 Å². The Labute approximate surface area is 164 Å². The maximum atomic E-state index is 13.2. The fraction of sp³-hybridized carbons (Fsp3) is 0.318. The molecule has 0 saturated carbocycles. The molecular weight excluding hydrogens is 362 g/mol. The molecule has 0 bridgehead atoms. The van der Waals surface area contributed by atoms with Crippen molar-refractivity contribution in [2.24, 2.45) is 0 Å². The summed E-state index contributed by atoms with van der Waals surface area (Å²) >= 11 is 0. The fourth-order valence-corrected chi connectivity index (χ4v) is 3.84. The number of rotatable bonds is 3. The second kappa shape index (κ2) is 8.15. The number of piperidine rings is 1. The lowest BCUT2D eigenvalue weighted by molar-refractivity contribution is 0.218. The van der Waals surface area contributed by atoms with Crippen LogP contribution in [0.4, 0.5) is 0 Å². The summed E-state index contributed by atoms with van der Waals surface area (Å²) in [6, 6.07) is 12.9. The molecule has 1 aliphatic heterocycles. The number of hydrogen-bond acceptors (Lipinski definition) is 4. The van der Waals surface area contributed by atoms with E-state index in [1.807, 2.05) is 37.3 Å². The van der Waals surface area contributed by atoms with Gasteiger partial charge in [-0.15, -0.1) is 12.4 Å². The first-order valence-electron chi connectivity index (χ1n) is 9.21. The Kier molecular flexibility index (Phi) is 5.88. The molecule has 1 aliphatic rings. The van der Waals surface area contributed by atoms with E-state index in [1.54, 1.807) is 12.1 Å². The zero-order valence-electron chi connectivity index (χ0n) is 15.4. The zero-order chi connectivity index (χ0) is 18.1. The molecule has 1 saturated heterocycles. The van der Waals surface area contributed by atoms with Crippen LogP contribution in [0.3, 0.4) is 0 Å². The lowest BCUT2D eigenvalue weighted by Crippen LogP contribution is -2.29. The first kappa shape index (κ1) is 19.5. The van der Waals surface area contributed by atoms with Crippen molar-refractivity contribution < 1.29 is 9.52 Å². The Morgan fingerprint density at radius 1 is 1.04 bits per heavy atom. The lowest BCUT2D eigenvalue weighted by Gasteiger charge is -2.27. The van der Waals surface area contributed by atoms with Crippen molar-refractivity contribution in [3.8, 4) is 16.9 Å². The number of aromatic hydroxyl groups is 1. The van der Waals surface area contributed by atoms with Gasteiger partial charge in [-0.05, 0) is 50.6 Å². The fourth-order valence-electron chi connectivity index (χ4n) is 3.84. The molecule has 0 amide bonds. The van der Waals surface area contributed by atoms with Crippen molar-refractivity contribution in [1.82, 2.24) is 4.90 Å². The monoisotopic (exact) mass is 385 g/mol. The molecule has 2 aromatic carbocycles. The molecular formula is C22H24ClNO3. The van der Waals surface area contributed by atoms with Crippen molar-refractivity contribution in [2.75, 3.05) is 13.1 Å². The van der Waals surface area contributed by atoms with Crippen LogP contribution in [0.25, 0.3) is 22.1 Å². The number of phenols is 1. The normalized spacial score (nSPS) is 14.9. The first-order chi connectivity index (χ1) is 12.6. The van der Waals surface area contributed by atoms with Crippen LogP contribution >= 0.6 is 12.4 Å². The molecule has 3 aromatic rings. The number of fused-ring (bicyclic) bond motifs is 1. The van der Waals surface area contributed by atoms with Crippen LogP contribution in [-0.4, -0.2) is 23.1 Å². The largest absolute Gasteiger partial charge is 0.507 e. The summed E-state index contributed by atoms with van der Waals surface area (Å²) in [5.74, 6) is 0.775. The van der Waals surface area contributed by atoms with Gasteiger partial charge in [0, 0.05) is 6.54 Å².